The van der Waals surface area contributed by atoms with Gasteiger partial charge in [-0.05, 0) is 44.2 Å². The number of hydrogen-bond acceptors (Lipinski definition) is 5. The molecular formula is C24H20ClN3O3. The number of ether oxygens (including phenoxy) is 1. The molecule has 0 spiro atoms. The van der Waals surface area contributed by atoms with E-state index in [1.165, 1.54) is 6.08 Å². The second-order valence-electron chi connectivity index (χ2n) is 6.96. The fourth-order valence-corrected chi connectivity index (χ4v) is 3.24. The Hall–Kier alpha value is -3.64. The second kappa shape index (κ2) is 9.02. The highest BCUT2D eigenvalue weighted by Crippen LogP contribution is 2.26. The number of nitrogens with zero attached hydrogens (tertiary/aromatic N) is 3. The number of hydrogen-bond donors (Lipinski definition) is 0. The van der Waals surface area contributed by atoms with Crippen LogP contribution < -0.4 is 0 Å². The summed E-state index contributed by atoms with van der Waals surface area (Å²) in [6, 6.07) is 17.2. The van der Waals surface area contributed by atoms with Gasteiger partial charge in [-0.3, -0.25) is 0 Å². The van der Waals surface area contributed by atoms with Crippen molar-refractivity contribution in [2.75, 3.05) is 0 Å². The maximum atomic E-state index is 12.3. The molecule has 6 nitrogen and oxygen atoms in total. The summed E-state index contributed by atoms with van der Waals surface area (Å²) in [4.78, 5) is 12.3. The first kappa shape index (κ1) is 20.6. The summed E-state index contributed by atoms with van der Waals surface area (Å²) in [5.41, 5.74) is 4.81. The maximum Gasteiger partial charge on any atom is 0.331 e. The van der Waals surface area contributed by atoms with Gasteiger partial charge in [0.25, 0.3) is 0 Å². The predicted octanol–water partition coefficient (Wildman–Crippen LogP) is 5.55. The van der Waals surface area contributed by atoms with E-state index in [0.29, 0.717) is 16.5 Å². The average Bonchev–Trinajstić information content (AvgIpc) is 3.35. The lowest BCUT2D eigenvalue weighted by Gasteiger charge is -2.01. The zero-order chi connectivity index (χ0) is 21.8. The number of aromatic nitrogens is 3. The van der Waals surface area contributed by atoms with Crippen LogP contribution in [0.3, 0.4) is 0 Å². The van der Waals surface area contributed by atoms with Crippen molar-refractivity contribution < 1.29 is 14.1 Å². The van der Waals surface area contributed by atoms with Gasteiger partial charge in [0.2, 0.25) is 0 Å². The Balaban J connectivity index is 1.59. The zero-order valence-electron chi connectivity index (χ0n) is 17.1. The molecule has 0 aliphatic carbocycles. The Morgan fingerprint density at radius 2 is 1.87 bits per heavy atom. The molecule has 2 aromatic carbocycles. The van der Waals surface area contributed by atoms with Crippen molar-refractivity contribution in [2.45, 2.75) is 20.5 Å². The Morgan fingerprint density at radius 1 is 1.13 bits per heavy atom. The van der Waals surface area contributed by atoms with Crippen molar-refractivity contribution in [3.8, 4) is 16.9 Å². The smallest absolute Gasteiger partial charge is 0.331 e. The molecule has 0 radical (unpaired) electrons. The minimum atomic E-state index is -0.463. The monoisotopic (exact) mass is 433 g/mol. The standard InChI is InChI=1S/C24H20ClN3O3/c1-16-22(17(2)31-27-16)15-30-23(29)13-10-19-14-28(21-6-4-3-5-7-21)26-24(19)18-8-11-20(25)12-9-18/h3-14H,15H2,1-2H3/b13-10+. The molecule has 0 atom stereocenters. The highest BCUT2D eigenvalue weighted by atomic mass is 35.5. The van der Waals surface area contributed by atoms with Crippen LogP contribution in [0.4, 0.5) is 0 Å². The van der Waals surface area contributed by atoms with Crippen molar-refractivity contribution in [3.05, 3.63) is 94.5 Å². The van der Waals surface area contributed by atoms with Gasteiger partial charge < -0.3 is 9.26 Å². The largest absolute Gasteiger partial charge is 0.457 e. The normalized spacial score (nSPS) is 11.2. The Morgan fingerprint density at radius 3 is 2.55 bits per heavy atom. The molecule has 156 valence electrons. The van der Waals surface area contributed by atoms with E-state index < -0.39 is 5.97 Å². The first-order valence-corrected chi connectivity index (χ1v) is 10.1. The first-order valence-electron chi connectivity index (χ1n) is 9.69. The molecule has 0 unspecified atom stereocenters. The highest BCUT2D eigenvalue weighted by molar-refractivity contribution is 6.30. The predicted molar refractivity (Wildman–Crippen MR) is 119 cm³/mol. The molecular weight excluding hydrogens is 414 g/mol. The van der Waals surface area contributed by atoms with Gasteiger partial charge in [0, 0.05) is 28.4 Å². The van der Waals surface area contributed by atoms with E-state index >= 15 is 0 Å². The van der Waals surface area contributed by atoms with Gasteiger partial charge >= 0.3 is 5.97 Å². The van der Waals surface area contributed by atoms with Gasteiger partial charge in [0.05, 0.1) is 22.6 Å². The van der Waals surface area contributed by atoms with Crippen molar-refractivity contribution in [1.82, 2.24) is 14.9 Å². The summed E-state index contributed by atoms with van der Waals surface area (Å²) in [6.07, 6.45) is 4.97. The number of esters is 1. The number of aryl methyl sites for hydroxylation is 2. The molecule has 0 fully saturated rings. The molecule has 0 bridgehead atoms. The van der Waals surface area contributed by atoms with E-state index in [0.717, 1.165) is 28.1 Å². The molecule has 0 saturated heterocycles. The third-order valence-electron chi connectivity index (χ3n) is 4.82. The number of halogens is 1. The van der Waals surface area contributed by atoms with E-state index in [4.69, 9.17) is 26.0 Å². The van der Waals surface area contributed by atoms with E-state index in [9.17, 15) is 4.79 Å². The summed E-state index contributed by atoms with van der Waals surface area (Å²) in [5, 5.41) is 9.23. The molecule has 0 aliphatic heterocycles. The average molecular weight is 434 g/mol. The SMILES string of the molecule is Cc1noc(C)c1COC(=O)/C=C/c1cn(-c2ccccc2)nc1-c1ccc(Cl)cc1. The molecule has 4 rings (SSSR count). The van der Waals surface area contributed by atoms with Gasteiger partial charge in [-0.15, -0.1) is 0 Å². The molecule has 31 heavy (non-hydrogen) atoms. The Bertz CT molecular complexity index is 1210. The van der Waals surface area contributed by atoms with Gasteiger partial charge in [-0.25, -0.2) is 9.48 Å². The Labute approximate surface area is 184 Å². The van der Waals surface area contributed by atoms with Crippen LogP contribution in [0.5, 0.6) is 0 Å². The first-order chi connectivity index (χ1) is 15.0. The van der Waals surface area contributed by atoms with Crippen molar-refractivity contribution >= 4 is 23.6 Å². The van der Waals surface area contributed by atoms with Crippen molar-refractivity contribution in [2.24, 2.45) is 0 Å². The van der Waals surface area contributed by atoms with Gasteiger partial charge in [-0.2, -0.15) is 5.10 Å². The third kappa shape index (κ3) is 4.75. The number of carbonyl (C=O) groups excluding carboxylic acids is 1. The zero-order valence-corrected chi connectivity index (χ0v) is 17.8. The summed E-state index contributed by atoms with van der Waals surface area (Å²) in [6.45, 7) is 3.71. The van der Waals surface area contributed by atoms with Crippen LogP contribution in [0.2, 0.25) is 5.02 Å². The number of carbonyl (C=O) groups is 1. The molecule has 0 amide bonds. The molecule has 0 aliphatic rings. The van der Waals surface area contributed by atoms with E-state index in [2.05, 4.69) is 5.16 Å². The van der Waals surface area contributed by atoms with E-state index in [-0.39, 0.29) is 6.61 Å². The highest BCUT2D eigenvalue weighted by Gasteiger charge is 2.13. The minimum Gasteiger partial charge on any atom is -0.457 e. The fourth-order valence-electron chi connectivity index (χ4n) is 3.11. The molecule has 0 saturated carbocycles. The van der Waals surface area contributed by atoms with Crippen LogP contribution in [0.25, 0.3) is 23.0 Å². The summed E-state index contributed by atoms with van der Waals surface area (Å²) in [7, 11) is 0. The van der Waals surface area contributed by atoms with Gasteiger partial charge in [0.1, 0.15) is 12.4 Å². The van der Waals surface area contributed by atoms with E-state index in [1.807, 2.05) is 67.7 Å². The summed E-state index contributed by atoms with van der Waals surface area (Å²) in [5.74, 6) is 0.179. The summed E-state index contributed by atoms with van der Waals surface area (Å²) >= 11 is 6.03. The maximum absolute atomic E-state index is 12.3. The van der Waals surface area contributed by atoms with Crippen molar-refractivity contribution in [1.29, 1.82) is 0 Å². The Kier molecular flexibility index (Phi) is 6.00. The quantitative estimate of drug-likeness (QED) is 0.294. The van der Waals surface area contributed by atoms with Crippen LogP contribution in [-0.2, 0) is 16.1 Å². The lowest BCUT2D eigenvalue weighted by molar-refractivity contribution is -0.138. The van der Waals surface area contributed by atoms with Crippen molar-refractivity contribution in [3.63, 3.8) is 0 Å². The molecule has 7 heteroatoms. The van der Waals surface area contributed by atoms with Crippen LogP contribution in [0.1, 0.15) is 22.6 Å². The lowest BCUT2D eigenvalue weighted by Crippen LogP contribution is -2.02. The number of rotatable bonds is 6. The van der Waals surface area contributed by atoms with Crippen LogP contribution in [-0.4, -0.2) is 20.9 Å². The number of benzene rings is 2. The van der Waals surface area contributed by atoms with Crippen LogP contribution in [0, 0.1) is 13.8 Å². The van der Waals surface area contributed by atoms with Crippen LogP contribution >= 0.6 is 11.6 Å². The van der Waals surface area contributed by atoms with Crippen LogP contribution in [0.15, 0.2) is 71.4 Å². The second-order valence-corrected chi connectivity index (χ2v) is 7.40. The summed E-state index contributed by atoms with van der Waals surface area (Å²) < 4.78 is 12.2. The van der Waals surface area contributed by atoms with E-state index in [1.54, 1.807) is 17.7 Å². The minimum absolute atomic E-state index is 0.109. The lowest BCUT2D eigenvalue weighted by atomic mass is 10.1. The van der Waals surface area contributed by atoms with Gasteiger partial charge in [0.15, 0.2) is 0 Å². The third-order valence-corrected chi connectivity index (χ3v) is 5.07. The molecule has 2 heterocycles. The topological polar surface area (TPSA) is 70.2 Å². The number of para-hydroxylation sites is 1. The fraction of sp³-hybridized carbons (Fsp3) is 0.125. The van der Waals surface area contributed by atoms with Gasteiger partial charge in [-0.1, -0.05) is 47.1 Å². The molecule has 2 aromatic heterocycles. The molecule has 0 N–H and O–H groups in total. The molecule has 4 aromatic rings.